The fourth-order valence-corrected chi connectivity index (χ4v) is 13.6. The predicted molar refractivity (Wildman–Crippen MR) is 213 cm³/mol. The van der Waals surface area contributed by atoms with Crippen LogP contribution >= 0.6 is 23.5 Å². The van der Waals surface area contributed by atoms with Crippen molar-refractivity contribution in [2.75, 3.05) is 0 Å². The molecule has 6 nitrogen and oxygen atoms in total. The summed E-state index contributed by atoms with van der Waals surface area (Å²) in [7, 11) is -23.8. The van der Waals surface area contributed by atoms with E-state index in [0.717, 1.165) is 0 Å². The molecule has 0 atom stereocenters. The average Bonchev–Trinajstić information content (AvgIpc) is 3.19. The van der Waals surface area contributed by atoms with Crippen molar-refractivity contribution in [1.82, 2.24) is 0 Å². The van der Waals surface area contributed by atoms with Crippen LogP contribution in [0.1, 0.15) is 0 Å². The van der Waals surface area contributed by atoms with Crippen molar-refractivity contribution in [1.29, 1.82) is 0 Å². The van der Waals surface area contributed by atoms with Crippen molar-refractivity contribution in [3.8, 4) is 33.4 Å². The largest absolute Gasteiger partial charge is 0.499 e. The molecular formula is C40H27F9O6S5. The van der Waals surface area contributed by atoms with Gasteiger partial charge >= 0.3 is 16.5 Å². The normalized spacial score (nSPS) is 12.8. The molecular weight excluding hydrogens is 908 g/mol. The molecule has 0 amide bonds. The lowest BCUT2D eigenvalue weighted by Gasteiger charge is -2.21. The molecule has 0 aliphatic carbocycles. The number of alkyl halides is 9. The van der Waals surface area contributed by atoms with E-state index in [1.165, 1.54) is 53.0 Å². The maximum atomic E-state index is 12.1. The van der Waals surface area contributed by atoms with Crippen molar-refractivity contribution >= 4 is 53.0 Å². The first-order chi connectivity index (χ1) is 27.9. The second-order valence-electron chi connectivity index (χ2n) is 12.3. The van der Waals surface area contributed by atoms with Gasteiger partial charge in [0.1, 0.15) is 0 Å². The zero-order valence-corrected chi connectivity index (χ0v) is 34.1. The summed E-state index contributed by atoms with van der Waals surface area (Å²) in [6, 6.07) is 56.3. The molecule has 0 fully saturated rings. The van der Waals surface area contributed by atoms with Crippen molar-refractivity contribution in [3.05, 3.63) is 158 Å². The van der Waals surface area contributed by atoms with Gasteiger partial charge < -0.3 is 0 Å². The molecule has 0 N–H and O–H groups in total. The van der Waals surface area contributed by atoms with Gasteiger partial charge in [0.2, 0.25) is 0 Å². The van der Waals surface area contributed by atoms with Crippen LogP contribution in [-0.2, 0) is 29.5 Å². The van der Waals surface area contributed by atoms with Crippen LogP contribution in [0.5, 0.6) is 0 Å². The first-order valence-electron chi connectivity index (χ1n) is 16.7. The number of hydrogen-bond donors (Lipinski definition) is 0. The third-order valence-electron chi connectivity index (χ3n) is 8.16. The van der Waals surface area contributed by atoms with Crippen LogP contribution in [-0.4, -0.2) is 45.7 Å². The van der Waals surface area contributed by atoms with Crippen LogP contribution in [0.25, 0.3) is 33.4 Å². The Balaban J connectivity index is 0.000000267. The van der Waals surface area contributed by atoms with Crippen molar-refractivity contribution in [2.24, 2.45) is 0 Å². The number of sulfone groups is 3. The molecule has 60 heavy (non-hydrogen) atoms. The van der Waals surface area contributed by atoms with E-state index in [2.05, 4.69) is 158 Å². The first kappa shape index (κ1) is 46.3. The van der Waals surface area contributed by atoms with E-state index in [1.807, 2.05) is 0 Å². The lowest BCUT2D eigenvalue weighted by atomic mass is 9.95. The highest BCUT2D eigenvalue weighted by Crippen LogP contribution is 2.43. The summed E-state index contributed by atoms with van der Waals surface area (Å²) in [5.74, 6) is 0. The molecule has 316 valence electrons. The maximum Gasteiger partial charge on any atom is 0.499 e. The lowest BCUT2D eigenvalue weighted by molar-refractivity contribution is -0.0490. The van der Waals surface area contributed by atoms with Gasteiger partial charge in [0.25, 0.3) is 33.4 Å². The van der Waals surface area contributed by atoms with E-state index in [1.54, 1.807) is 23.5 Å². The summed E-state index contributed by atoms with van der Waals surface area (Å²) >= 11 is 3.59. The Labute approximate surface area is 347 Å². The van der Waals surface area contributed by atoms with Gasteiger partial charge in [0, 0.05) is 19.6 Å². The molecule has 20 heteroatoms. The molecule has 0 bridgehead atoms. The maximum absolute atomic E-state index is 12.1. The molecule has 0 heterocycles. The van der Waals surface area contributed by atoms with Crippen molar-refractivity contribution < 1.29 is 64.8 Å². The summed E-state index contributed by atoms with van der Waals surface area (Å²) in [5, 5.41) is 0. The van der Waals surface area contributed by atoms with Gasteiger partial charge in [-0.25, -0.2) is 25.3 Å². The molecule has 0 spiro atoms. The van der Waals surface area contributed by atoms with Crippen LogP contribution in [0, 0.1) is 0 Å². The number of benzene rings is 6. The Morgan fingerprint density at radius 3 is 0.867 bits per heavy atom. The minimum absolute atomic E-state index is 1.24. The first-order valence-corrected chi connectivity index (χ1v) is 23.0. The zero-order chi connectivity index (χ0) is 44.1. The Hall–Kier alpha value is -4.76. The standard InChI is InChI=1S/C36H26S2.C4HF9O6S3/c1-3-9-27(10-4-1)28-15-19-31(20-16-28)37-33-23-25-34(26-24-33)38-32-21-17-30(18-22-32)36-14-8-7-13-35(36)29-11-5-2-6-12-29;5-2(6,7)20(14,15)1(21(16,17)3(8,9)10)22(18,19)4(11,12)13/h1-26H;1H. The van der Waals surface area contributed by atoms with Crippen LogP contribution in [0.3, 0.4) is 0 Å². The minimum atomic E-state index is -7.94. The summed E-state index contributed by atoms with van der Waals surface area (Å²) in [4.78, 5) is 4.97. The molecule has 0 saturated heterocycles. The molecule has 0 aromatic heterocycles. The second-order valence-corrected chi connectivity index (χ2v) is 21.5. The van der Waals surface area contributed by atoms with Gasteiger partial charge in [-0.05, 0) is 81.9 Å². The molecule has 0 unspecified atom stereocenters. The van der Waals surface area contributed by atoms with Gasteiger partial charge in [-0.3, -0.25) is 0 Å². The van der Waals surface area contributed by atoms with E-state index in [4.69, 9.17) is 0 Å². The van der Waals surface area contributed by atoms with Gasteiger partial charge in [0.05, 0.1) is 0 Å². The Morgan fingerprint density at radius 2 is 0.550 bits per heavy atom. The van der Waals surface area contributed by atoms with Gasteiger partial charge in [-0.2, -0.15) is 39.5 Å². The summed E-state index contributed by atoms with van der Waals surface area (Å²) in [6.45, 7) is 0. The smallest absolute Gasteiger partial charge is 0.217 e. The molecule has 0 saturated carbocycles. The molecule has 0 radical (unpaired) electrons. The Kier molecular flexibility index (Phi) is 13.9. The van der Waals surface area contributed by atoms with Gasteiger partial charge in [-0.1, -0.05) is 133 Å². The van der Waals surface area contributed by atoms with Crippen LogP contribution in [0.4, 0.5) is 39.5 Å². The summed E-state index contributed by atoms with van der Waals surface area (Å²) in [6.07, 6.45) is 0. The summed E-state index contributed by atoms with van der Waals surface area (Å²) in [5.41, 5.74) is -13.6. The average molecular weight is 935 g/mol. The quantitative estimate of drug-likeness (QED) is 0.125. The van der Waals surface area contributed by atoms with E-state index < -0.39 is 50.0 Å². The summed E-state index contributed by atoms with van der Waals surface area (Å²) < 4.78 is 167. The third-order valence-corrected chi connectivity index (χ3v) is 18.2. The second kappa shape index (κ2) is 18.1. The van der Waals surface area contributed by atoms with E-state index in [-0.39, 0.29) is 0 Å². The third kappa shape index (κ3) is 10.6. The van der Waals surface area contributed by atoms with Crippen molar-refractivity contribution in [3.63, 3.8) is 0 Å². The number of rotatable bonds is 10. The molecule has 0 aliphatic heterocycles. The SMILES string of the molecule is O=S(=O)(C(S(=O)(=O)C(F)(F)F)S(=O)(=O)C(F)(F)F)C(F)(F)F.c1ccc(-c2ccc(Sc3ccc(Sc4ccc(-c5ccccc5-c5ccccc5)cc4)cc3)cc2)cc1. The Bertz CT molecular complexity index is 2620. The monoisotopic (exact) mass is 934 g/mol. The molecule has 6 aromatic rings. The van der Waals surface area contributed by atoms with Gasteiger partial charge in [-0.15, -0.1) is 0 Å². The van der Waals surface area contributed by atoms with Crippen LogP contribution in [0.2, 0.25) is 0 Å². The minimum Gasteiger partial charge on any atom is -0.217 e. The Morgan fingerprint density at radius 1 is 0.317 bits per heavy atom. The van der Waals surface area contributed by atoms with E-state index >= 15 is 0 Å². The molecule has 6 aromatic carbocycles. The highest BCUT2D eigenvalue weighted by molar-refractivity contribution is 8.24. The number of hydrogen-bond acceptors (Lipinski definition) is 8. The van der Waals surface area contributed by atoms with Gasteiger partial charge in [0.15, 0.2) is 0 Å². The topological polar surface area (TPSA) is 102 Å². The van der Waals surface area contributed by atoms with E-state index in [9.17, 15) is 64.8 Å². The highest BCUT2D eigenvalue weighted by Gasteiger charge is 2.73. The van der Waals surface area contributed by atoms with E-state index in [0.29, 0.717) is 0 Å². The predicted octanol–water partition coefficient (Wildman–Crippen LogP) is 12.1. The fraction of sp³-hybridized carbons (Fsp3) is 0.100. The lowest BCUT2D eigenvalue weighted by Crippen LogP contribution is -2.52. The van der Waals surface area contributed by atoms with Crippen molar-refractivity contribution in [2.45, 2.75) is 40.0 Å². The fourth-order valence-electron chi connectivity index (χ4n) is 5.33. The van der Waals surface area contributed by atoms with Crippen LogP contribution in [0.15, 0.2) is 177 Å². The molecule has 0 aliphatic rings. The zero-order valence-electron chi connectivity index (χ0n) is 30.0. The molecule has 6 rings (SSSR count). The highest BCUT2D eigenvalue weighted by atomic mass is 32.3. The number of halogens is 9. The van der Waals surface area contributed by atoms with Crippen LogP contribution < -0.4 is 0 Å².